The summed E-state index contributed by atoms with van der Waals surface area (Å²) < 4.78 is 4.67. The van der Waals surface area contributed by atoms with Crippen molar-refractivity contribution in [1.82, 2.24) is 9.97 Å². The molecule has 2 aromatic heterocycles. The number of nitrogens with one attached hydrogen (secondary N) is 2. The summed E-state index contributed by atoms with van der Waals surface area (Å²) in [4.78, 5) is 35.4. The lowest BCUT2D eigenvalue weighted by atomic mass is 10.0. The smallest absolute Gasteiger partial charge is 0.358 e. The van der Waals surface area contributed by atoms with E-state index in [1.807, 2.05) is 0 Å². The fourth-order valence-electron chi connectivity index (χ4n) is 5.06. The average molecular weight is 521 g/mol. The third kappa shape index (κ3) is 4.64. The molecule has 0 spiro atoms. The summed E-state index contributed by atoms with van der Waals surface area (Å²) >= 11 is 12.0. The van der Waals surface area contributed by atoms with Gasteiger partial charge in [-0.1, -0.05) is 23.2 Å². The standard InChI is InChI=1S/C12H14ClN3O2.C11H12ClN3O2/c1-18-12(17)10-8(13)5-9-11(15-10)14-7-3-2-4-16(9)6-7;12-7-4-8-10(14-9(7)11(16)17)13-6-2-1-3-15(8)5-6/h5,7H,2-4,6H2,1H3,(H,14,15);4,6H,1-3,5H2,(H,13,14)(H,16,17)/t7-;6-/m00/s1. The molecule has 0 amide bonds. The molecule has 2 atom stereocenters. The van der Waals surface area contributed by atoms with Gasteiger partial charge in [0, 0.05) is 38.3 Å². The van der Waals surface area contributed by atoms with Crippen LogP contribution in [0.3, 0.4) is 0 Å². The van der Waals surface area contributed by atoms with Crippen LogP contribution in [0.1, 0.15) is 46.7 Å². The minimum atomic E-state index is -1.09. The van der Waals surface area contributed by atoms with Gasteiger partial charge in [0.2, 0.25) is 0 Å². The summed E-state index contributed by atoms with van der Waals surface area (Å²) in [7, 11) is 1.32. The molecule has 2 aromatic rings. The molecule has 186 valence electrons. The van der Waals surface area contributed by atoms with E-state index in [1.165, 1.54) is 7.11 Å². The lowest BCUT2D eigenvalue weighted by molar-refractivity contribution is 0.0593. The Balaban J connectivity index is 0.000000145. The van der Waals surface area contributed by atoms with E-state index in [0.717, 1.165) is 69.1 Å². The molecule has 2 fully saturated rings. The van der Waals surface area contributed by atoms with Gasteiger partial charge in [0.05, 0.1) is 28.5 Å². The first-order valence-electron chi connectivity index (χ1n) is 11.6. The molecule has 6 rings (SSSR count). The van der Waals surface area contributed by atoms with E-state index >= 15 is 0 Å². The summed E-state index contributed by atoms with van der Waals surface area (Å²) in [6.07, 6.45) is 4.53. The van der Waals surface area contributed by atoms with E-state index in [1.54, 1.807) is 12.1 Å². The molecule has 4 bridgehead atoms. The first-order chi connectivity index (χ1) is 16.8. The highest BCUT2D eigenvalue weighted by molar-refractivity contribution is 6.34. The van der Waals surface area contributed by atoms with Crippen molar-refractivity contribution in [2.75, 3.05) is 53.7 Å². The molecule has 12 heteroatoms. The number of hydrogen-bond donors (Lipinski definition) is 3. The van der Waals surface area contributed by atoms with Gasteiger partial charge in [0.1, 0.15) is 0 Å². The van der Waals surface area contributed by atoms with Crippen LogP contribution in [0.4, 0.5) is 23.0 Å². The number of esters is 1. The molecular weight excluding hydrogens is 495 g/mol. The van der Waals surface area contributed by atoms with Crippen LogP contribution in [0.2, 0.25) is 10.0 Å². The topological polar surface area (TPSA) is 120 Å². The molecule has 3 N–H and O–H groups in total. The second-order valence-electron chi connectivity index (χ2n) is 9.03. The number of carbonyl (C=O) groups is 2. The molecule has 2 saturated heterocycles. The Kier molecular flexibility index (Phi) is 6.50. The number of piperidine rings is 2. The monoisotopic (exact) mass is 520 g/mol. The largest absolute Gasteiger partial charge is 0.476 e. The van der Waals surface area contributed by atoms with Crippen molar-refractivity contribution in [3.63, 3.8) is 0 Å². The third-order valence-electron chi connectivity index (χ3n) is 6.70. The van der Waals surface area contributed by atoms with E-state index in [2.05, 4.69) is 35.1 Å². The minimum absolute atomic E-state index is 0.0842. The van der Waals surface area contributed by atoms with Crippen molar-refractivity contribution < 1.29 is 19.4 Å². The van der Waals surface area contributed by atoms with Gasteiger partial charge < -0.3 is 30.3 Å². The molecule has 4 aliphatic rings. The number of carbonyl (C=O) groups excluding carboxylic acids is 1. The number of ether oxygens (including phenoxy) is 1. The summed E-state index contributed by atoms with van der Waals surface area (Å²) in [5.74, 6) is -0.223. The molecule has 0 unspecified atom stereocenters. The highest BCUT2D eigenvalue weighted by Gasteiger charge is 2.31. The van der Waals surface area contributed by atoms with Gasteiger partial charge in [0.25, 0.3) is 0 Å². The Morgan fingerprint density at radius 2 is 1.43 bits per heavy atom. The van der Waals surface area contributed by atoms with E-state index in [9.17, 15) is 9.59 Å². The summed E-state index contributed by atoms with van der Waals surface area (Å²) in [6.45, 7) is 3.91. The quantitative estimate of drug-likeness (QED) is 0.504. The molecule has 0 saturated carbocycles. The summed E-state index contributed by atoms with van der Waals surface area (Å²) in [5, 5.41) is 16.1. The van der Waals surface area contributed by atoms with Gasteiger partial charge in [-0.05, 0) is 37.8 Å². The Morgan fingerprint density at radius 3 is 1.91 bits per heavy atom. The first kappa shape index (κ1) is 23.7. The Hall–Kier alpha value is -2.98. The number of rotatable bonds is 2. The van der Waals surface area contributed by atoms with Gasteiger partial charge in [-0.2, -0.15) is 0 Å². The fraction of sp³-hybridized carbons (Fsp3) is 0.478. The number of fused-ring (bicyclic) bond motifs is 8. The maximum atomic E-state index is 11.6. The molecule has 35 heavy (non-hydrogen) atoms. The summed E-state index contributed by atoms with van der Waals surface area (Å²) in [5.41, 5.74) is 1.98. The molecular formula is C23H26Cl2N6O4. The van der Waals surface area contributed by atoms with Crippen molar-refractivity contribution in [2.45, 2.75) is 37.8 Å². The van der Waals surface area contributed by atoms with Crippen molar-refractivity contribution in [3.8, 4) is 0 Å². The van der Waals surface area contributed by atoms with Gasteiger partial charge in [-0.25, -0.2) is 19.6 Å². The predicted octanol–water partition coefficient (Wildman–Crippen LogP) is 3.74. The number of anilines is 4. The van der Waals surface area contributed by atoms with Crippen LogP contribution in [0.15, 0.2) is 12.1 Å². The van der Waals surface area contributed by atoms with Crippen LogP contribution in [-0.2, 0) is 4.74 Å². The van der Waals surface area contributed by atoms with Gasteiger partial charge in [0.15, 0.2) is 23.0 Å². The van der Waals surface area contributed by atoms with Crippen LogP contribution >= 0.6 is 23.2 Å². The Labute approximate surface area is 212 Å². The normalized spacial score (nSPS) is 21.3. The lowest BCUT2D eigenvalue weighted by Gasteiger charge is -2.40. The first-order valence-corrected chi connectivity index (χ1v) is 12.3. The second kappa shape index (κ2) is 9.58. The number of aromatic nitrogens is 2. The van der Waals surface area contributed by atoms with E-state index in [0.29, 0.717) is 22.9 Å². The molecule has 6 heterocycles. The number of nitrogens with zero attached hydrogens (tertiary/aromatic N) is 4. The zero-order valence-corrected chi connectivity index (χ0v) is 20.7. The molecule has 4 aliphatic heterocycles. The predicted molar refractivity (Wildman–Crippen MR) is 135 cm³/mol. The van der Waals surface area contributed by atoms with Crippen LogP contribution < -0.4 is 20.4 Å². The number of carboxylic acids is 1. The maximum Gasteiger partial charge on any atom is 0.358 e. The SMILES string of the molecule is COC(=O)c1nc2c(cc1Cl)N1CCC[C@@H](C1)N2.O=C(O)c1nc2c(cc1Cl)N1CCC[C@@H](C1)N2. The number of carboxylic acid groups (broad SMARTS) is 1. The van der Waals surface area contributed by atoms with E-state index in [4.69, 9.17) is 28.3 Å². The van der Waals surface area contributed by atoms with Gasteiger partial charge in [-0.3, -0.25) is 0 Å². The van der Waals surface area contributed by atoms with Crippen molar-refractivity contribution >= 4 is 58.2 Å². The van der Waals surface area contributed by atoms with E-state index in [-0.39, 0.29) is 16.4 Å². The van der Waals surface area contributed by atoms with Crippen LogP contribution in [0, 0.1) is 0 Å². The minimum Gasteiger partial charge on any atom is -0.476 e. The average Bonchev–Trinajstić information content (AvgIpc) is 2.85. The highest BCUT2D eigenvalue weighted by atomic mass is 35.5. The molecule has 0 aliphatic carbocycles. The Morgan fingerprint density at radius 1 is 0.943 bits per heavy atom. The summed E-state index contributed by atoms with van der Waals surface area (Å²) in [6, 6.07) is 4.27. The van der Waals surface area contributed by atoms with Crippen molar-refractivity contribution in [1.29, 1.82) is 0 Å². The van der Waals surface area contributed by atoms with E-state index < -0.39 is 11.9 Å². The molecule has 0 radical (unpaired) electrons. The lowest BCUT2D eigenvalue weighted by Crippen LogP contribution is -2.46. The van der Waals surface area contributed by atoms with Crippen LogP contribution in [0.25, 0.3) is 0 Å². The Bertz CT molecular complexity index is 1180. The highest BCUT2D eigenvalue weighted by Crippen LogP contribution is 2.37. The van der Waals surface area contributed by atoms with Gasteiger partial charge >= 0.3 is 11.9 Å². The number of aromatic carboxylic acids is 1. The van der Waals surface area contributed by atoms with Crippen LogP contribution in [-0.4, -0.2) is 72.4 Å². The molecule has 0 aromatic carbocycles. The zero-order valence-electron chi connectivity index (χ0n) is 19.2. The fourth-order valence-corrected chi connectivity index (χ4v) is 5.51. The maximum absolute atomic E-state index is 11.6. The number of pyridine rings is 2. The number of hydrogen-bond acceptors (Lipinski definition) is 9. The third-order valence-corrected chi connectivity index (χ3v) is 7.28. The number of halogens is 2. The number of methoxy groups -OCH3 is 1. The van der Waals surface area contributed by atoms with Crippen LogP contribution in [0.5, 0.6) is 0 Å². The zero-order chi connectivity index (χ0) is 24.7. The molecule has 10 nitrogen and oxygen atoms in total. The van der Waals surface area contributed by atoms with Crippen molar-refractivity contribution in [3.05, 3.63) is 33.6 Å². The van der Waals surface area contributed by atoms with Crippen molar-refractivity contribution in [2.24, 2.45) is 0 Å². The van der Waals surface area contributed by atoms with Gasteiger partial charge in [-0.15, -0.1) is 0 Å². The second-order valence-corrected chi connectivity index (χ2v) is 9.84.